The number of carbonyl (C=O) groups excluding carboxylic acids is 1. The Morgan fingerprint density at radius 1 is 1.17 bits per heavy atom. The van der Waals surface area contributed by atoms with E-state index in [4.69, 9.17) is 9.47 Å². The van der Waals surface area contributed by atoms with E-state index in [1.165, 1.54) is 0 Å². The summed E-state index contributed by atoms with van der Waals surface area (Å²) >= 11 is 3.40. The third-order valence-corrected chi connectivity index (χ3v) is 3.97. The highest BCUT2D eigenvalue weighted by molar-refractivity contribution is 9.10. The summed E-state index contributed by atoms with van der Waals surface area (Å²) in [5.41, 5.74) is 1.58. The van der Waals surface area contributed by atoms with Crippen molar-refractivity contribution in [1.82, 2.24) is 5.32 Å². The van der Waals surface area contributed by atoms with Crippen LogP contribution in [0.5, 0.6) is 11.5 Å². The molecule has 0 unspecified atom stereocenters. The molecular weight excluding hydrogens is 358 g/mol. The van der Waals surface area contributed by atoms with Gasteiger partial charge in [-0.2, -0.15) is 0 Å². The maximum absolute atomic E-state index is 12.4. The van der Waals surface area contributed by atoms with Gasteiger partial charge in [-0.3, -0.25) is 4.79 Å². The Labute approximate surface area is 144 Å². The van der Waals surface area contributed by atoms with Gasteiger partial charge in [-0.05, 0) is 49.7 Å². The lowest BCUT2D eigenvalue weighted by atomic mass is 10.1. The van der Waals surface area contributed by atoms with Gasteiger partial charge in [-0.25, -0.2) is 0 Å². The molecule has 0 aromatic heterocycles. The second kappa shape index (κ2) is 8.02. The molecule has 0 aliphatic rings. The van der Waals surface area contributed by atoms with Crippen molar-refractivity contribution in [3.05, 3.63) is 58.1 Å². The molecule has 2 aromatic rings. The van der Waals surface area contributed by atoms with E-state index in [1.807, 2.05) is 38.1 Å². The molecular formula is C18H20BrNO3. The van der Waals surface area contributed by atoms with Gasteiger partial charge in [0.1, 0.15) is 0 Å². The highest BCUT2D eigenvalue weighted by Gasteiger charge is 2.14. The SMILES string of the molecule is CCOc1ccc(C(=O)N[C@@H](C)c2ccc(Br)cc2)cc1OC. The minimum absolute atomic E-state index is 0.0897. The van der Waals surface area contributed by atoms with E-state index in [2.05, 4.69) is 21.2 Å². The van der Waals surface area contributed by atoms with Gasteiger partial charge in [-0.15, -0.1) is 0 Å². The van der Waals surface area contributed by atoms with Crippen LogP contribution in [0.3, 0.4) is 0 Å². The Morgan fingerprint density at radius 3 is 2.48 bits per heavy atom. The van der Waals surface area contributed by atoms with E-state index >= 15 is 0 Å². The van der Waals surface area contributed by atoms with Gasteiger partial charge >= 0.3 is 0 Å². The first-order valence-electron chi connectivity index (χ1n) is 7.42. The van der Waals surface area contributed by atoms with Crippen LogP contribution in [0.15, 0.2) is 46.9 Å². The molecule has 2 rings (SSSR count). The number of halogens is 1. The Kier molecular flexibility index (Phi) is 6.04. The Balaban J connectivity index is 2.12. The fourth-order valence-electron chi connectivity index (χ4n) is 2.20. The zero-order chi connectivity index (χ0) is 16.8. The molecule has 23 heavy (non-hydrogen) atoms. The van der Waals surface area contributed by atoms with Gasteiger partial charge in [0.2, 0.25) is 0 Å². The average molecular weight is 378 g/mol. The molecule has 0 aliphatic heterocycles. The lowest BCUT2D eigenvalue weighted by molar-refractivity contribution is 0.0939. The third-order valence-electron chi connectivity index (χ3n) is 3.44. The minimum Gasteiger partial charge on any atom is -0.493 e. The van der Waals surface area contributed by atoms with Gasteiger partial charge in [0, 0.05) is 10.0 Å². The molecule has 0 saturated carbocycles. The zero-order valence-electron chi connectivity index (χ0n) is 13.4. The maximum Gasteiger partial charge on any atom is 0.251 e. The van der Waals surface area contributed by atoms with Crippen LogP contribution in [-0.4, -0.2) is 19.6 Å². The summed E-state index contributed by atoms with van der Waals surface area (Å²) in [5, 5.41) is 2.98. The van der Waals surface area contributed by atoms with E-state index < -0.39 is 0 Å². The molecule has 122 valence electrons. The molecule has 0 heterocycles. The summed E-state index contributed by atoms with van der Waals surface area (Å²) in [6.07, 6.45) is 0. The second-order valence-corrected chi connectivity index (χ2v) is 5.96. The fourth-order valence-corrected chi connectivity index (χ4v) is 2.46. The molecule has 5 heteroatoms. The van der Waals surface area contributed by atoms with Crippen molar-refractivity contribution >= 4 is 21.8 Å². The third kappa shape index (κ3) is 4.48. The first-order valence-corrected chi connectivity index (χ1v) is 8.21. The Hall–Kier alpha value is -2.01. The van der Waals surface area contributed by atoms with Crippen LogP contribution in [0.1, 0.15) is 35.8 Å². The summed E-state index contributed by atoms with van der Waals surface area (Å²) < 4.78 is 11.8. The number of nitrogens with one attached hydrogen (secondary N) is 1. The first kappa shape index (κ1) is 17.3. The maximum atomic E-state index is 12.4. The topological polar surface area (TPSA) is 47.6 Å². The van der Waals surface area contributed by atoms with E-state index in [-0.39, 0.29) is 11.9 Å². The number of amides is 1. The molecule has 0 bridgehead atoms. The standard InChI is InChI=1S/C18H20BrNO3/c1-4-23-16-10-7-14(11-17(16)22-3)18(21)20-12(2)13-5-8-15(19)9-6-13/h5-12H,4H2,1-3H3,(H,20,21)/t12-/m0/s1. The molecule has 1 N–H and O–H groups in total. The van der Waals surface area contributed by atoms with E-state index in [1.54, 1.807) is 25.3 Å². The van der Waals surface area contributed by atoms with Gasteiger partial charge < -0.3 is 14.8 Å². The average Bonchev–Trinajstić information content (AvgIpc) is 2.55. The number of carbonyl (C=O) groups is 1. The van der Waals surface area contributed by atoms with Crippen molar-refractivity contribution in [3.8, 4) is 11.5 Å². The molecule has 1 atom stereocenters. The smallest absolute Gasteiger partial charge is 0.251 e. The summed E-state index contributed by atoms with van der Waals surface area (Å²) in [6.45, 7) is 4.40. The summed E-state index contributed by atoms with van der Waals surface area (Å²) in [6, 6.07) is 13.0. The Morgan fingerprint density at radius 2 is 1.87 bits per heavy atom. The number of hydrogen-bond acceptors (Lipinski definition) is 3. The first-order chi connectivity index (χ1) is 11.0. The van der Waals surface area contributed by atoms with E-state index in [0.29, 0.717) is 23.7 Å². The molecule has 4 nitrogen and oxygen atoms in total. The van der Waals surface area contributed by atoms with E-state index in [0.717, 1.165) is 10.0 Å². The Bertz CT molecular complexity index is 670. The van der Waals surface area contributed by atoms with Crippen LogP contribution in [0, 0.1) is 0 Å². The van der Waals surface area contributed by atoms with E-state index in [9.17, 15) is 4.79 Å². The second-order valence-electron chi connectivity index (χ2n) is 5.05. The van der Waals surface area contributed by atoms with Crippen molar-refractivity contribution in [1.29, 1.82) is 0 Å². The lowest BCUT2D eigenvalue weighted by Crippen LogP contribution is -2.26. The normalized spacial score (nSPS) is 11.7. The molecule has 0 fully saturated rings. The van der Waals surface area contributed by atoms with Crippen LogP contribution in [0.2, 0.25) is 0 Å². The molecule has 0 aliphatic carbocycles. The summed E-state index contributed by atoms with van der Waals surface area (Å²) in [5.74, 6) is 1.03. The summed E-state index contributed by atoms with van der Waals surface area (Å²) in [7, 11) is 1.56. The number of benzene rings is 2. The van der Waals surface area contributed by atoms with Gasteiger partial charge in [0.15, 0.2) is 11.5 Å². The highest BCUT2D eigenvalue weighted by atomic mass is 79.9. The number of hydrogen-bond donors (Lipinski definition) is 1. The van der Waals surface area contributed by atoms with Crippen LogP contribution in [0.4, 0.5) is 0 Å². The zero-order valence-corrected chi connectivity index (χ0v) is 15.0. The predicted molar refractivity (Wildman–Crippen MR) is 94.2 cm³/mol. The minimum atomic E-state index is -0.151. The van der Waals surface area contributed by atoms with Crippen LogP contribution < -0.4 is 14.8 Å². The van der Waals surface area contributed by atoms with Crippen LogP contribution in [-0.2, 0) is 0 Å². The fraction of sp³-hybridized carbons (Fsp3) is 0.278. The predicted octanol–water partition coefficient (Wildman–Crippen LogP) is 4.35. The number of methoxy groups -OCH3 is 1. The van der Waals surface area contributed by atoms with Crippen molar-refractivity contribution < 1.29 is 14.3 Å². The van der Waals surface area contributed by atoms with Crippen LogP contribution in [0.25, 0.3) is 0 Å². The van der Waals surface area contributed by atoms with Gasteiger partial charge in [-0.1, -0.05) is 28.1 Å². The van der Waals surface area contributed by atoms with Crippen molar-refractivity contribution in [2.24, 2.45) is 0 Å². The monoisotopic (exact) mass is 377 g/mol. The molecule has 0 saturated heterocycles. The molecule has 0 radical (unpaired) electrons. The van der Waals surface area contributed by atoms with Crippen molar-refractivity contribution in [2.75, 3.05) is 13.7 Å². The molecule has 0 spiro atoms. The molecule has 1 amide bonds. The van der Waals surface area contributed by atoms with Gasteiger partial charge in [0.05, 0.1) is 19.8 Å². The number of ether oxygens (including phenoxy) is 2. The highest BCUT2D eigenvalue weighted by Crippen LogP contribution is 2.28. The van der Waals surface area contributed by atoms with Gasteiger partial charge in [0.25, 0.3) is 5.91 Å². The largest absolute Gasteiger partial charge is 0.493 e. The molecule has 2 aromatic carbocycles. The number of rotatable bonds is 6. The quantitative estimate of drug-likeness (QED) is 0.813. The lowest BCUT2D eigenvalue weighted by Gasteiger charge is -2.16. The van der Waals surface area contributed by atoms with Crippen molar-refractivity contribution in [3.63, 3.8) is 0 Å². The van der Waals surface area contributed by atoms with Crippen LogP contribution >= 0.6 is 15.9 Å². The van der Waals surface area contributed by atoms with Crippen molar-refractivity contribution in [2.45, 2.75) is 19.9 Å². The summed E-state index contributed by atoms with van der Waals surface area (Å²) in [4.78, 5) is 12.4.